The molecule has 3 saturated heterocycles. The number of carbonyl (C=O) groups excluding carboxylic acids is 1. The van der Waals surface area contributed by atoms with Crippen LogP contribution in [0.2, 0.25) is 0 Å². The van der Waals surface area contributed by atoms with Gasteiger partial charge < -0.3 is 14.2 Å². The van der Waals surface area contributed by atoms with E-state index in [4.69, 9.17) is 4.74 Å². The zero-order valence-electron chi connectivity index (χ0n) is 13.5. The first-order valence-electron chi connectivity index (χ1n) is 8.78. The molecular formula is C19H21N3O2. The second kappa shape index (κ2) is 5.45. The molecule has 1 saturated carbocycles. The molecule has 124 valence electrons. The van der Waals surface area contributed by atoms with Crippen LogP contribution in [0.1, 0.15) is 23.2 Å². The zero-order valence-corrected chi connectivity index (χ0v) is 13.5. The summed E-state index contributed by atoms with van der Waals surface area (Å²) in [4.78, 5) is 19.4. The standard InChI is InChI=1S/C19H21N3O2/c23-19(14-7-17(9-20-8-14)22-3-1-2-4-22)24-18-15-5-13-6-16(18)12-21(10-13)11-15/h1-4,7-9,13,15-16,18H,5-6,10-12H2. The maximum Gasteiger partial charge on any atom is 0.340 e. The highest BCUT2D eigenvalue weighted by Gasteiger charge is 2.49. The van der Waals surface area contributed by atoms with Gasteiger partial charge in [-0.15, -0.1) is 0 Å². The Hall–Kier alpha value is -2.14. The van der Waals surface area contributed by atoms with Gasteiger partial charge in [-0.25, -0.2) is 4.79 Å². The maximum absolute atomic E-state index is 12.7. The van der Waals surface area contributed by atoms with Gasteiger partial charge in [0.15, 0.2) is 0 Å². The van der Waals surface area contributed by atoms with Gasteiger partial charge in [-0.05, 0) is 37.0 Å². The predicted molar refractivity (Wildman–Crippen MR) is 88.9 cm³/mol. The van der Waals surface area contributed by atoms with Crippen LogP contribution in [0.4, 0.5) is 0 Å². The van der Waals surface area contributed by atoms with Crippen LogP contribution in [0.5, 0.6) is 0 Å². The molecule has 4 bridgehead atoms. The third-order valence-electron chi connectivity index (χ3n) is 5.81. The number of aromatic nitrogens is 2. The van der Waals surface area contributed by atoms with Crippen molar-refractivity contribution in [2.45, 2.75) is 18.9 Å². The third kappa shape index (κ3) is 2.35. The number of carbonyl (C=O) groups is 1. The third-order valence-corrected chi connectivity index (χ3v) is 5.81. The van der Waals surface area contributed by atoms with Crippen LogP contribution in [-0.4, -0.2) is 46.2 Å². The smallest absolute Gasteiger partial charge is 0.340 e. The molecule has 0 radical (unpaired) electrons. The molecule has 5 heterocycles. The van der Waals surface area contributed by atoms with Crippen LogP contribution < -0.4 is 0 Å². The summed E-state index contributed by atoms with van der Waals surface area (Å²) in [5, 5.41) is 0. The minimum atomic E-state index is -0.232. The van der Waals surface area contributed by atoms with Gasteiger partial charge in [0.2, 0.25) is 0 Å². The van der Waals surface area contributed by atoms with Gasteiger partial charge >= 0.3 is 5.97 Å². The Bertz CT molecular complexity index is 728. The van der Waals surface area contributed by atoms with Crippen molar-refractivity contribution in [3.63, 3.8) is 0 Å². The van der Waals surface area contributed by atoms with E-state index in [0.717, 1.165) is 24.7 Å². The van der Waals surface area contributed by atoms with E-state index in [-0.39, 0.29) is 12.1 Å². The normalized spacial score (nSPS) is 33.6. The molecule has 0 aromatic carbocycles. The summed E-state index contributed by atoms with van der Waals surface area (Å²) in [6.07, 6.45) is 9.76. The SMILES string of the molecule is O=C(OC1C2CC3CC1CN(C3)C2)c1cncc(-n2cccc2)c1. The lowest BCUT2D eigenvalue weighted by Crippen LogP contribution is -2.60. The van der Waals surface area contributed by atoms with Crippen molar-refractivity contribution < 1.29 is 9.53 Å². The molecule has 4 fully saturated rings. The largest absolute Gasteiger partial charge is 0.458 e. The summed E-state index contributed by atoms with van der Waals surface area (Å²) in [5.74, 6) is 1.61. The van der Waals surface area contributed by atoms with E-state index in [1.165, 1.54) is 19.4 Å². The van der Waals surface area contributed by atoms with Crippen LogP contribution >= 0.6 is 0 Å². The van der Waals surface area contributed by atoms with E-state index < -0.39 is 0 Å². The second-order valence-corrected chi connectivity index (χ2v) is 7.47. The van der Waals surface area contributed by atoms with Crippen molar-refractivity contribution in [2.24, 2.45) is 17.8 Å². The number of piperidine rings is 3. The monoisotopic (exact) mass is 323 g/mol. The Kier molecular flexibility index (Phi) is 3.23. The van der Waals surface area contributed by atoms with Gasteiger partial charge in [0.1, 0.15) is 6.10 Å². The van der Waals surface area contributed by atoms with Crippen molar-refractivity contribution in [2.75, 3.05) is 19.6 Å². The highest BCUT2D eigenvalue weighted by atomic mass is 16.5. The molecule has 0 N–H and O–H groups in total. The first kappa shape index (κ1) is 14.2. The number of rotatable bonds is 3. The van der Waals surface area contributed by atoms with Crippen molar-refractivity contribution in [1.29, 1.82) is 0 Å². The van der Waals surface area contributed by atoms with Gasteiger partial charge in [-0.3, -0.25) is 4.98 Å². The molecule has 2 aromatic heterocycles. The Balaban J connectivity index is 1.35. The molecule has 2 atom stereocenters. The van der Waals surface area contributed by atoms with Gasteiger partial charge in [0, 0.05) is 50.1 Å². The summed E-state index contributed by atoms with van der Waals surface area (Å²) in [5.41, 5.74) is 1.42. The van der Waals surface area contributed by atoms with E-state index in [0.29, 0.717) is 17.4 Å². The maximum atomic E-state index is 12.7. The predicted octanol–water partition coefficient (Wildman–Crippen LogP) is 2.37. The number of pyridine rings is 1. The van der Waals surface area contributed by atoms with Crippen molar-refractivity contribution in [1.82, 2.24) is 14.5 Å². The van der Waals surface area contributed by atoms with Crippen molar-refractivity contribution in [3.05, 3.63) is 48.5 Å². The molecule has 0 amide bonds. The fourth-order valence-corrected chi connectivity index (χ4v) is 4.94. The average Bonchev–Trinajstić information content (AvgIpc) is 3.12. The van der Waals surface area contributed by atoms with Crippen LogP contribution in [0.3, 0.4) is 0 Å². The number of ether oxygens (including phenoxy) is 1. The molecule has 6 rings (SSSR count). The highest BCUT2D eigenvalue weighted by Crippen LogP contribution is 2.44. The summed E-state index contributed by atoms with van der Waals surface area (Å²) >= 11 is 0. The van der Waals surface area contributed by atoms with Gasteiger partial charge in [-0.2, -0.15) is 0 Å². The lowest BCUT2D eigenvalue weighted by atomic mass is 9.66. The number of hydrogen-bond donors (Lipinski definition) is 0. The molecule has 2 unspecified atom stereocenters. The number of esters is 1. The minimum absolute atomic E-state index is 0.0838. The summed E-state index contributed by atoms with van der Waals surface area (Å²) in [7, 11) is 0. The molecule has 4 aliphatic rings. The fraction of sp³-hybridized carbons (Fsp3) is 0.474. The van der Waals surface area contributed by atoms with E-state index in [1.54, 1.807) is 12.4 Å². The summed E-state index contributed by atoms with van der Waals surface area (Å²) in [6, 6.07) is 5.76. The Labute approximate surface area is 141 Å². The van der Waals surface area contributed by atoms with Crippen molar-refractivity contribution in [3.8, 4) is 5.69 Å². The molecule has 0 spiro atoms. The Morgan fingerprint density at radius 3 is 2.54 bits per heavy atom. The van der Waals surface area contributed by atoms with Crippen LogP contribution in [-0.2, 0) is 4.74 Å². The Morgan fingerprint density at radius 2 is 1.83 bits per heavy atom. The van der Waals surface area contributed by atoms with E-state index >= 15 is 0 Å². The van der Waals surface area contributed by atoms with Crippen LogP contribution in [0.25, 0.3) is 5.69 Å². The minimum Gasteiger partial charge on any atom is -0.458 e. The lowest BCUT2D eigenvalue weighted by molar-refractivity contribution is -0.116. The molecule has 3 aliphatic heterocycles. The van der Waals surface area contributed by atoms with E-state index in [9.17, 15) is 4.79 Å². The number of hydrogen-bond acceptors (Lipinski definition) is 4. The van der Waals surface area contributed by atoms with E-state index in [2.05, 4.69) is 9.88 Å². The topological polar surface area (TPSA) is 47.4 Å². The quantitative estimate of drug-likeness (QED) is 0.814. The Morgan fingerprint density at radius 1 is 1.08 bits per heavy atom. The summed E-state index contributed by atoms with van der Waals surface area (Å²) in [6.45, 7) is 3.43. The second-order valence-electron chi connectivity index (χ2n) is 7.47. The van der Waals surface area contributed by atoms with Gasteiger partial charge in [0.25, 0.3) is 0 Å². The molecular weight excluding hydrogens is 302 g/mol. The zero-order chi connectivity index (χ0) is 16.1. The van der Waals surface area contributed by atoms with Crippen LogP contribution in [0.15, 0.2) is 43.0 Å². The number of nitrogens with zero attached hydrogens (tertiary/aromatic N) is 3. The summed E-state index contributed by atoms with van der Waals surface area (Å²) < 4.78 is 7.92. The van der Waals surface area contributed by atoms with Crippen molar-refractivity contribution >= 4 is 5.97 Å². The average molecular weight is 323 g/mol. The molecule has 2 aromatic rings. The molecule has 1 aliphatic carbocycles. The molecule has 5 nitrogen and oxygen atoms in total. The van der Waals surface area contributed by atoms with Gasteiger partial charge in [0.05, 0.1) is 17.4 Å². The van der Waals surface area contributed by atoms with E-state index in [1.807, 2.05) is 35.2 Å². The van der Waals surface area contributed by atoms with Crippen LogP contribution in [0, 0.1) is 17.8 Å². The van der Waals surface area contributed by atoms with Gasteiger partial charge in [-0.1, -0.05) is 0 Å². The highest BCUT2D eigenvalue weighted by molar-refractivity contribution is 5.89. The first-order valence-corrected chi connectivity index (χ1v) is 8.78. The lowest BCUT2D eigenvalue weighted by Gasteiger charge is -2.55. The molecule has 24 heavy (non-hydrogen) atoms. The fourth-order valence-electron chi connectivity index (χ4n) is 4.94. The molecule has 5 heteroatoms. The first-order chi connectivity index (χ1) is 11.8.